The van der Waals surface area contributed by atoms with Gasteiger partial charge in [-0.1, -0.05) is 25.7 Å². The summed E-state index contributed by atoms with van der Waals surface area (Å²) in [5.74, 6) is -6.34. The number of esters is 1. The van der Waals surface area contributed by atoms with Crippen LogP contribution in [0.4, 0.5) is 4.79 Å². The van der Waals surface area contributed by atoms with Gasteiger partial charge in [0.1, 0.15) is 91.5 Å². The normalized spacial score (nSPS) is 38.4. The molecule has 4 aliphatic heterocycles. The summed E-state index contributed by atoms with van der Waals surface area (Å²) in [4.78, 5) is 49.9. The summed E-state index contributed by atoms with van der Waals surface area (Å²) < 4.78 is 57.2. The van der Waals surface area contributed by atoms with Crippen molar-refractivity contribution in [2.75, 3.05) is 46.8 Å². The van der Waals surface area contributed by atoms with Crippen LogP contribution in [-0.4, -0.2) is 265 Å². The third kappa shape index (κ3) is 15.5. The summed E-state index contributed by atoms with van der Waals surface area (Å²) in [5.41, 5.74) is 0. The molecule has 15 N–H and O–H groups in total. The smallest absolute Gasteiger partial charge is 0.407 e. The summed E-state index contributed by atoms with van der Waals surface area (Å²) in [5, 5.41) is 144. The molecule has 15 unspecified atom stereocenters. The van der Waals surface area contributed by atoms with Gasteiger partial charge in [0, 0.05) is 26.4 Å². The second kappa shape index (κ2) is 28.5. The van der Waals surface area contributed by atoms with E-state index in [2.05, 4.69) is 15.4 Å². The summed E-state index contributed by atoms with van der Waals surface area (Å²) in [6, 6.07) is -3.28. The monoisotopic (exact) mass is 1040 g/mol. The van der Waals surface area contributed by atoms with Crippen LogP contribution in [0.15, 0.2) is 0 Å². The summed E-state index contributed by atoms with van der Waals surface area (Å²) in [6.07, 6.45) is -33.4. The first-order valence-corrected chi connectivity index (χ1v) is 23.4. The molecule has 4 saturated heterocycles. The fraction of sp³-hybridized carbons (Fsp3) is 0.905. The molecule has 4 heterocycles. The number of ether oxygens (including phenoxy) is 10. The number of hydrogen-bond acceptors (Lipinski definition) is 26. The van der Waals surface area contributed by atoms with E-state index in [9.17, 15) is 85.6 Å². The topological polar surface area (TPSA) is 448 Å². The Kier molecular flexibility index (Phi) is 24.3. The van der Waals surface area contributed by atoms with Crippen LogP contribution in [0.25, 0.3) is 0 Å². The fourth-order valence-electron chi connectivity index (χ4n) is 8.62. The number of carboxylic acid groups (broad SMARTS) is 1. The van der Waals surface area contributed by atoms with Crippen LogP contribution < -0.4 is 10.6 Å². The first-order chi connectivity index (χ1) is 33.7. The van der Waals surface area contributed by atoms with Crippen LogP contribution in [0, 0.1) is 0 Å². The molecule has 29 nitrogen and oxygen atoms in total. The van der Waals surface area contributed by atoms with Crippen molar-refractivity contribution in [3.05, 3.63) is 0 Å². The number of alkyl carbamates (subject to hydrolysis) is 1. The number of nitrogens with one attached hydrogen (secondary N) is 2. The number of amides is 2. The Hall–Kier alpha value is -3.12. The molecule has 0 aromatic heterocycles. The number of aliphatic hydroxyl groups is 12. The zero-order valence-electron chi connectivity index (χ0n) is 39.5. The van der Waals surface area contributed by atoms with Gasteiger partial charge in [0.25, 0.3) is 5.79 Å². The van der Waals surface area contributed by atoms with Gasteiger partial charge in [-0.2, -0.15) is 0 Å². The van der Waals surface area contributed by atoms with E-state index in [0.29, 0.717) is 19.3 Å². The molecule has 0 aliphatic carbocycles. The Morgan fingerprint density at radius 2 is 1.27 bits per heavy atom. The average Bonchev–Trinajstić information content (AvgIpc) is 3.34. The zero-order valence-corrected chi connectivity index (χ0v) is 39.5. The second-order valence-electron chi connectivity index (χ2n) is 17.5. The number of rotatable bonds is 26. The van der Waals surface area contributed by atoms with E-state index < -0.39 is 179 Å². The van der Waals surface area contributed by atoms with Crippen LogP contribution in [0.1, 0.15) is 65.2 Å². The van der Waals surface area contributed by atoms with Crippen molar-refractivity contribution in [3.8, 4) is 0 Å². The number of aliphatic hydroxyl groups excluding tert-OH is 12. The Balaban J connectivity index is 1.73. The molecule has 0 radical (unpaired) electrons. The molecular formula is C42H72N2O27. The number of aliphatic carboxylic acids is 1. The lowest BCUT2D eigenvalue weighted by atomic mass is 9.88. The minimum atomic E-state index is -3.17. The van der Waals surface area contributed by atoms with Crippen LogP contribution in [0.2, 0.25) is 0 Å². The number of carbonyl (C=O) groups is 4. The van der Waals surface area contributed by atoms with E-state index in [-0.39, 0.29) is 25.6 Å². The summed E-state index contributed by atoms with van der Waals surface area (Å²) in [6.45, 7) is -1.78. The quantitative estimate of drug-likeness (QED) is 0.0283. The van der Waals surface area contributed by atoms with Crippen molar-refractivity contribution in [1.82, 2.24) is 10.6 Å². The van der Waals surface area contributed by atoms with Crippen LogP contribution in [0.3, 0.4) is 0 Å². The summed E-state index contributed by atoms with van der Waals surface area (Å²) in [7, 11) is 1.30. The van der Waals surface area contributed by atoms with Gasteiger partial charge in [-0.15, -0.1) is 0 Å². The van der Waals surface area contributed by atoms with Crippen molar-refractivity contribution in [3.63, 3.8) is 0 Å². The highest BCUT2D eigenvalue weighted by Crippen LogP contribution is 2.39. The summed E-state index contributed by atoms with van der Waals surface area (Å²) >= 11 is 0. The fourth-order valence-corrected chi connectivity index (χ4v) is 8.62. The van der Waals surface area contributed by atoms with Gasteiger partial charge in [0.15, 0.2) is 18.9 Å². The van der Waals surface area contributed by atoms with E-state index in [4.69, 9.17) is 42.6 Å². The lowest BCUT2D eigenvalue weighted by Gasteiger charge is -2.51. The molecule has 2 amide bonds. The lowest BCUT2D eigenvalue weighted by Crippen LogP contribution is -2.71. The van der Waals surface area contributed by atoms with E-state index in [1.54, 1.807) is 0 Å². The highest BCUT2D eigenvalue weighted by Gasteiger charge is 2.61. The number of methoxy groups -OCH3 is 1. The van der Waals surface area contributed by atoms with E-state index in [1.807, 2.05) is 0 Å². The Morgan fingerprint density at radius 3 is 1.85 bits per heavy atom. The van der Waals surface area contributed by atoms with E-state index >= 15 is 0 Å². The molecule has 29 heteroatoms. The molecule has 21 atom stereocenters. The first kappa shape index (κ1) is 60.4. The van der Waals surface area contributed by atoms with Crippen molar-refractivity contribution < 1.29 is 133 Å². The van der Waals surface area contributed by atoms with Gasteiger partial charge in [-0.25, -0.2) is 9.59 Å². The van der Waals surface area contributed by atoms with E-state index in [0.717, 1.165) is 26.2 Å². The van der Waals surface area contributed by atoms with Crippen molar-refractivity contribution >= 4 is 23.9 Å². The number of hydrogen-bond donors (Lipinski definition) is 15. The van der Waals surface area contributed by atoms with Crippen LogP contribution in [0.5, 0.6) is 0 Å². The minimum absolute atomic E-state index is 0.0505. The van der Waals surface area contributed by atoms with Gasteiger partial charge in [-0.05, 0) is 19.8 Å². The average molecular weight is 1040 g/mol. The molecule has 0 spiro atoms. The van der Waals surface area contributed by atoms with Crippen molar-refractivity contribution in [1.29, 1.82) is 0 Å². The number of unbranched alkanes of at least 4 members (excludes halogenated alkanes) is 5. The molecule has 412 valence electrons. The molecule has 0 bridgehead atoms. The van der Waals surface area contributed by atoms with Gasteiger partial charge in [0.05, 0.1) is 52.3 Å². The highest BCUT2D eigenvalue weighted by molar-refractivity contribution is 5.76. The minimum Gasteiger partial charge on any atom is -0.477 e. The molecule has 0 aromatic rings. The predicted molar refractivity (Wildman–Crippen MR) is 229 cm³/mol. The number of carboxylic acids is 1. The molecule has 4 aliphatic rings. The van der Waals surface area contributed by atoms with Crippen molar-refractivity contribution in [2.45, 2.75) is 194 Å². The molecule has 0 aromatic carbocycles. The van der Waals surface area contributed by atoms with Crippen LogP contribution in [-0.2, 0) is 61.8 Å². The predicted octanol–water partition coefficient (Wildman–Crippen LogP) is -6.72. The largest absolute Gasteiger partial charge is 0.477 e. The SMILES string of the molecule is CCOC(=O)NC1C(OC2OC(CO)[C@H](O)C(O[C@]3(C(=O)O)CC(O)[C@@H](NC(C)=O)C(C(O)C(O)CO)O3)C2O)[C@H](OC2OC(CO)[C@@H](O)C(O)C2O)C(CO)O[C@H]1OCCCCCCCCC(=O)OC. The maximum atomic E-state index is 13.2. The van der Waals surface area contributed by atoms with Gasteiger partial charge in [0.2, 0.25) is 5.91 Å². The third-order valence-corrected chi connectivity index (χ3v) is 12.4. The molecular weight excluding hydrogens is 964 g/mol. The molecule has 0 saturated carbocycles. The highest BCUT2D eigenvalue weighted by atomic mass is 16.8. The third-order valence-electron chi connectivity index (χ3n) is 12.4. The Labute approximate surface area is 407 Å². The maximum Gasteiger partial charge on any atom is 0.407 e. The van der Waals surface area contributed by atoms with Gasteiger partial charge >= 0.3 is 18.0 Å². The molecule has 71 heavy (non-hydrogen) atoms. The zero-order chi connectivity index (χ0) is 52.7. The Bertz CT molecular complexity index is 1650. The second-order valence-corrected chi connectivity index (χ2v) is 17.5. The lowest BCUT2D eigenvalue weighted by molar-refractivity contribution is -0.391. The van der Waals surface area contributed by atoms with Gasteiger partial charge < -0.3 is 124 Å². The standard InChI is InChI=1S/C42H72N2O27/c1-4-63-41(61)44-26-35(33(68-38-31(57)30(56)28(54)21(15-46)65-38)23(17-48)67-37(26)64-12-10-8-6-5-7-9-11-24(52)62-3)69-39-32(58)36(29(55)22(16-47)66-39)71-42(40(59)60)13-19(50)25(43-18(2)49)34(70-42)27(53)20(51)14-45/h19-23,25-39,45-48,50-51,53-58H,4-17H2,1-3H3,(H,43,49)(H,44,61)(H,59,60)/t19?,20?,21?,22?,23?,25-,26?,27?,28-,29+,30?,31?,32?,33-,34?,35?,36?,37-,38?,39?,42+/m1/s1. The molecule has 4 rings (SSSR count). The van der Waals surface area contributed by atoms with E-state index in [1.165, 1.54) is 14.0 Å². The number of carbonyl (C=O) groups excluding carboxylic acids is 3. The van der Waals surface area contributed by atoms with Gasteiger partial charge in [-0.3, -0.25) is 9.59 Å². The maximum absolute atomic E-state index is 13.2. The molecule has 4 fully saturated rings. The van der Waals surface area contributed by atoms with Crippen LogP contribution >= 0.6 is 0 Å². The Morgan fingerprint density at radius 1 is 0.690 bits per heavy atom. The van der Waals surface area contributed by atoms with Crippen molar-refractivity contribution in [2.24, 2.45) is 0 Å². The first-order valence-electron chi connectivity index (χ1n) is 23.4.